The fourth-order valence-electron chi connectivity index (χ4n) is 2.41. The number of thiophene rings is 1. The maximum atomic E-state index is 12.4. The van der Waals surface area contributed by atoms with Gasteiger partial charge in [-0.25, -0.2) is 9.59 Å². The number of rotatable bonds is 7. The molecule has 0 aromatic carbocycles. The van der Waals surface area contributed by atoms with Gasteiger partial charge in [0.1, 0.15) is 16.3 Å². The Morgan fingerprint density at radius 3 is 2.57 bits per heavy atom. The smallest absolute Gasteiger partial charge is 0.375 e. The van der Waals surface area contributed by atoms with E-state index in [0.717, 1.165) is 11.3 Å². The van der Waals surface area contributed by atoms with E-state index in [1.54, 1.807) is 37.4 Å². The Morgan fingerprint density at radius 1 is 1.11 bits per heavy atom. The third kappa shape index (κ3) is 4.15. The van der Waals surface area contributed by atoms with Crippen LogP contribution < -0.4 is 5.32 Å². The first kappa shape index (κ1) is 19.4. The zero-order valence-corrected chi connectivity index (χ0v) is 16.0. The van der Waals surface area contributed by atoms with Crippen LogP contribution in [0.5, 0.6) is 0 Å². The molecule has 0 radical (unpaired) electrons. The Balaban J connectivity index is 1.72. The Labute approximate surface area is 164 Å². The van der Waals surface area contributed by atoms with Crippen molar-refractivity contribution in [1.82, 2.24) is 0 Å². The van der Waals surface area contributed by atoms with Gasteiger partial charge in [0.05, 0.1) is 19.1 Å². The molecule has 0 saturated carbocycles. The molecule has 3 aromatic heterocycles. The highest BCUT2D eigenvalue weighted by Crippen LogP contribution is 2.36. The molecule has 3 heterocycles. The van der Waals surface area contributed by atoms with E-state index in [1.807, 2.05) is 0 Å². The third-order valence-electron chi connectivity index (χ3n) is 3.69. The summed E-state index contributed by atoms with van der Waals surface area (Å²) in [6.07, 6.45) is 2.84. The maximum Gasteiger partial charge on any atom is 0.375 e. The molecule has 0 spiro atoms. The molecule has 0 aliphatic heterocycles. The molecule has 0 aliphatic rings. The van der Waals surface area contributed by atoms with E-state index < -0.39 is 24.5 Å². The van der Waals surface area contributed by atoms with Crippen molar-refractivity contribution in [1.29, 1.82) is 0 Å². The van der Waals surface area contributed by atoms with Gasteiger partial charge >= 0.3 is 11.9 Å². The molecule has 28 heavy (non-hydrogen) atoms. The topological polar surface area (TPSA) is 108 Å². The van der Waals surface area contributed by atoms with Crippen LogP contribution in [0.3, 0.4) is 0 Å². The molecule has 146 valence electrons. The lowest BCUT2D eigenvalue weighted by molar-refractivity contribution is -0.119. The van der Waals surface area contributed by atoms with Crippen LogP contribution in [0.2, 0.25) is 0 Å². The number of esters is 2. The molecule has 0 saturated heterocycles. The molecule has 9 heteroatoms. The summed E-state index contributed by atoms with van der Waals surface area (Å²) < 4.78 is 20.4. The van der Waals surface area contributed by atoms with Crippen LogP contribution in [-0.4, -0.2) is 31.1 Å². The zero-order chi connectivity index (χ0) is 20.1. The van der Waals surface area contributed by atoms with Gasteiger partial charge < -0.3 is 23.6 Å². The second-order valence-corrected chi connectivity index (χ2v) is 6.49. The van der Waals surface area contributed by atoms with Crippen molar-refractivity contribution in [2.24, 2.45) is 0 Å². The Hall–Kier alpha value is -3.33. The first-order valence-corrected chi connectivity index (χ1v) is 9.22. The summed E-state index contributed by atoms with van der Waals surface area (Å²) >= 11 is 1.14. The van der Waals surface area contributed by atoms with Crippen LogP contribution in [0.1, 0.15) is 33.4 Å². The van der Waals surface area contributed by atoms with Crippen molar-refractivity contribution in [2.45, 2.75) is 13.8 Å². The van der Waals surface area contributed by atoms with E-state index in [0.29, 0.717) is 16.9 Å². The van der Waals surface area contributed by atoms with Crippen LogP contribution >= 0.6 is 11.3 Å². The quantitative estimate of drug-likeness (QED) is 0.596. The number of hydrogen-bond acceptors (Lipinski definition) is 8. The first-order chi connectivity index (χ1) is 13.5. The fourth-order valence-corrected chi connectivity index (χ4v) is 3.36. The van der Waals surface area contributed by atoms with Crippen molar-refractivity contribution in [3.8, 4) is 11.3 Å². The average molecular weight is 403 g/mol. The van der Waals surface area contributed by atoms with Gasteiger partial charge in [0.2, 0.25) is 5.76 Å². The largest absolute Gasteiger partial charge is 0.464 e. The monoisotopic (exact) mass is 403 g/mol. The average Bonchev–Trinajstić information content (AvgIpc) is 3.40. The van der Waals surface area contributed by atoms with Crippen molar-refractivity contribution in [2.75, 3.05) is 18.5 Å². The summed E-state index contributed by atoms with van der Waals surface area (Å²) in [7, 11) is 0. The highest BCUT2D eigenvalue weighted by molar-refractivity contribution is 7.15. The fraction of sp³-hybridized carbons (Fsp3) is 0.211. The van der Waals surface area contributed by atoms with E-state index in [9.17, 15) is 14.4 Å². The number of furan rings is 2. The van der Waals surface area contributed by atoms with Gasteiger partial charge in [-0.1, -0.05) is 0 Å². The predicted molar refractivity (Wildman–Crippen MR) is 100 cm³/mol. The third-order valence-corrected chi connectivity index (χ3v) is 4.59. The molecule has 0 unspecified atom stereocenters. The SMILES string of the molecule is CCOC(=O)c1c(-c2ccco2)csc1NC(=O)COC(=O)c1occc1C. The number of carbonyl (C=O) groups is 3. The summed E-state index contributed by atoms with van der Waals surface area (Å²) in [6, 6.07) is 5.00. The lowest BCUT2D eigenvalue weighted by atomic mass is 10.1. The standard InChI is InChI=1S/C19H17NO7S/c1-3-24-18(22)15-12(13-5-4-7-25-13)10-28-17(15)20-14(21)9-27-19(23)16-11(2)6-8-26-16/h4-8,10H,3,9H2,1-2H3,(H,20,21). The Kier molecular flexibility index (Phi) is 5.95. The molecule has 1 amide bonds. The minimum absolute atomic E-state index is 0.0382. The van der Waals surface area contributed by atoms with E-state index in [4.69, 9.17) is 18.3 Å². The number of aryl methyl sites for hydroxylation is 1. The summed E-state index contributed by atoms with van der Waals surface area (Å²) in [4.78, 5) is 36.5. The highest BCUT2D eigenvalue weighted by Gasteiger charge is 2.24. The molecule has 8 nitrogen and oxygen atoms in total. The van der Waals surface area contributed by atoms with Gasteiger partial charge in [-0.05, 0) is 32.0 Å². The van der Waals surface area contributed by atoms with Crippen LogP contribution in [0.4, 0.5) is 5.00 Å². The number of ether oxygens (including phenoxy) is 2. The van der Waals surface area contributed by atoms with Gasteiger partial charge in [0.25, 0.3) is 5.91 Å². The number of nitrogens with one attached hydrogen (secondary N) is 1. The summed E-state index contributed by atoms with van der Waals surface area (Å²) in [5, 5.41) is 4.53. The van der Waals surface area contributed by atoms with Crippen LogP contribution in [0.25, 0.3) is 11.3 Å². The molecule has 0 aliphatic carbocycles. The first-order valence-electron chi connectivity index (χ1n) is 8.34. The van der Waals surface area contributed by atoms with Gasteiger partial charge in [-0.2, -0.15) is 0 Å². The second kappa shape index (κ2) is 8.57. The summed E-state index contributed by atoms with van der Waals surface area (Å²) in [5.41, 5.74) is 1.30. The lowest BCUT2D eigenvalue weighted by Gasteiger charge is -2.08. The van der Waals surface area contributed by atoms with E-state index in [-0.39, 0.29) is 22.9 Å². The van der Waals surface area contributed by atoms with Gasteiger partial charge in [-0.3, -0.25) is 4.79 Å². The minimum Gasteiger partial charge on any atom is -0.464 e. The van der Waals surface area contributed by atoms with Crippen LogP contribution in [0.15, 0.2) is 44.9 Å². The molecule has 1 N–H and O–H groups in total. The molecule has 3 aromatic rings. The van der Waals surface area contributed by atoms with Crippen molar-refractivity contribution in [3.63, 3.8) is 0 Å². The number of carbonyl (C=O) groups excluding carboxylic acids is 3. The lowest BCUT2D eigenvalue weighted by Crippen LogP contribution is -2.21. The number of amides is 1. The molecule has 3 rings (SSSR count). The van der Waals surface area contributed by atoms with E-state index >= 15 is 0 Å². The van der Waals surface area contributed by atoms with Gasteiger partial charge in [0, 0.05) is 16.5 Å². The van der Waals surface area contributed by atoms with Crippen molar-refractivity contribution < 1.29 is 32.7 Å². The summed E-state index contributed by atoms with van der Waals surface area (Å²) in [6.45, 7) is 3.02. The van der Waals surface area contributed by atoms with Crippen molar-refractivity contribution in [3.05, 3.63) is 53.0 Å². The normalized spacial score (nSPS) is 10.5. The van der Waals surface area contributed by atoms with Crippen LogP contribution in [0, 0.1) is 6.92 Å². The molecule has 0 bridgehead atoms. The van der Waals surface area contributed by atoms with E-state index in [2.05, 4.69) is 5.32 Å². The predicted octanol–water partition coefficient (Wildman–Crippen LogP) is 3.88. The van der Waals surface area contributed by atoms with Gasteiger partial charge in [-0.15, -0.1) is 11.3 Å². The number of hydrogen-bond donors (Lipinski definition) is 1. The molecular weight excluding hydrogens is 386 g/mol. The van der Waals surface area contributed by atoms with E-state index in [1.165, 1.54) is 12.5 Å². The van der Waals surface area contributed by atoms with Crippen LogP contribution in [-0.2, 0) is 14.3 Å². The molecular formula is C19H17NO7S. The highest BCUT2D eigenvalue weighted by atomic mass is 32.1. The maximum absolute atomic E-state index is 12.4. The second-order valence-electron chi connectivity index (χ2n) is 5.61. The Morgan fingerprint density at radius 2 is 1.93 bits per heavy atom. The number of anilines is 1. The van der Waals surface area contributed by atoms with Crippen molar-refractivity contribution >= 4 is 34.2 Å². The molecule has 0 fully saturated rings. The Bertz CT molecular complexity index is 984. The minimum atomic E-state index is -0.745. The summed E-state index contributed by atoms with van der Waals surface area (Å²) in [5.74, 6) is -1.42. The molecule has 0 atom stereocenters. The zero-order valence-electron chi connectivity index (χ0n) is 15.1. The van der Waals surface area contributed by atoms with Gasteiger partial charge in [0.15, 0.2) is 6.61 Å².